The first-order valence-electron chi connectivity index (χ1n) is 5.43. The van der Waals surface area contributed by atoms with Crippen LogP contribution in [0, 0.1) is 18.4 Å². The molecular weight excluding hydrogens is 291 g/mol. The van der Waals surface area contributed by atoms with Crippen molar-refractivity contribution in [1.29, 1.82) is 5.26 Å². The van der Waals surface area contributed by atoms with Crippen molar-refractivity contribution in [2.45, 2.75) is 13.1 Å². The third-order valence-corrected chi connectivity index (χ3v) is 2.73. The summed E-state index contributed by atoms with van der Waals surface area (Å²) in [5.41, 5.74) is 1.20. The molecule has 0 atom stereocenters. The predicted molar refractivity (Wildman–Crippen MR) is 72.1 cm³/mol. The highest BCUT2D eigenvalue weighted by Gasteiger charge is 2.28. The minimum Gasteiger partial charge on any atom is -0.484 e. The van der Waals surface area contributed by atoms with Gasteiger partial charge in [0.15, 0.2) is 18.0 Å². The number of thioether (sulfide) groups is 1. The number of nitrogens with zero attached hydrogens (tertiary/aromatic N) is 2. The van der Waals surface area contributed by atoms with Gasteiger partial charge in [0.25, 0.3) is 0 Å². The molecule has 0 aliphatic rings. The Morgan fingerprint density at radius 1 is 1.50 bits per heavy atom. The van der Waals surface area contributed by atoms with Gasteiger partial charge in [-0.05, 0) is 36.9 Å². The first-order valence-corrected chi connectivity index (χ1v) is 6.66. The molecule has 1 N–H and O–H groups in total. The van der Waals surface area contributed by atoms with Gasteiger partial charge in [0.1, 0.15) is 5.75 Å². The molecule has 20 heavy (non-hydrogen) atoms. The van der Waals surface area contributed by atoms with Crippen LogP contribution in [0.1, 0.15) is 5.56 Å². The molecule has 108 valence electrons. The van der Waals surface area contributed by atoms with Crippen LogP contribution in [-0.4, -0.2) is 24.2 Å². The van der Waals surface area contributed by atoms with Gasteiger partial charge in [0.2, 0.25) is 0 Å². The largest absolute Gasteiger partial charge is 0.484 e. The first kappa shape index (κ1) is 16.2. The molecule has 0 radical (unpaired) electrons. The number of hydrogen-bond donors (Lipinski definition) is 1. The summed E-state index contributed by atoms with van der Waals surface area (Å²) >= 11 is 1.25. The average Bonchev–Trinajstić information content (AvgIpc) is 2.37. The number of aliphatic imine (C=N–C) groups is 1. The Hall–Kier alpha value is -1.88. The van der Waals surface area contributed by atoms with Crippen LogP contribution in [-0.2, 0) is 0 Å². The number of alkyl halides is 3. The van der Waals surface area contributed by atoms with E-state index in [2.05, 4.69) is 15.0 Å². The van der Waals surface area contributed by atoms with E-state index in [1.54, 1.807) is 19.4 Å². The maximum Gasteiger partial charge on any atom is 0.422 e. The number of nitriles is 1. The summed E-state index contributed by atoms with van der Waals surface area (Å²) in [6.45, 7) is 0.366. The third kappa shape index (κ3) is 5.40. The van der Waals surface area contributed by atoms with E-state index < -0.39 is 12.8 Å². The number of halogens is 3. The zero-order valence-corrected chi connectivity index (χ0v) is 11.6. The molecular formula is C12H12F3N3OS. The second kappa shape index (κ2) is 7.05. The molecule has 0 saturated heterocycles. The summed E-state index contributed by atoms with van der Waals surface area (Å²) in [5, 5.41) is 11.3. The molecule has 1 aromatic carbocycles. The number of aryl methyl sites for hydroxylation is 1. The molecule has 0 saturated carbocycles. The van der Waals surface area contributed by atoms with Crippen molar-refractivity contribution >= 4 is 22.6 Å². The van der Waals surface area contributed by atoms with Gasteiger partial charge < -0.3 is 4.74 Å². The first-order chi connectivity index (χ1) is 9.35. The molecule has 0 aromatic heterocycles. The number of rotatable bonds is 3. The summed E-state index contributed by atoms with van der Waals surface area (Å²) in [6.07, 6.45) is -0.863. The maximum absolute atomic E-state index is 12.0. The molecule has 0 unspecified atom stereocenters. The Kier molecular flexibility index (Phi) is 5.70. The fourth-order valence-electron chi connectivity index (χ4n) is 1.29. The molecule has 0 spiro atoms. The minimum absolute atomic E-state index is 0.123. The van der Waals surface area contributed by atoms with Gasteiger partial charge in [0.05, 0.1) is 5.69 Å². The van der Waals surface area contributed by atoms with Crippen molar-refractivity contribution in [2.75, 3.05) is 12.9 Å². The lowest BCUT2D eigenvalue weighted by Gasteiger charge is -2.10. The Bertz CT molecular complexity index is 538. The number of amidine groups is 1. The third-order valence-electron chi connectivity index (χ3n) is 2.15. The van der Waals surface area contributed by atoms with Crippen molar-refractivity contribution in [3.05, 3.63) is 23.8 Å². The molecule has 1 aromatic rings. The molecule has 8 heteroatoms. The predicted octanol–water partition coefficient (Wildman–Crippen LogP) is 3.36. The number of hydrogen-bond acceptors (Lipinski definition) is 4. The van der Waals surface area contributed by atoms with Gasteiger partial charge in [-0.25, -0.2) is 4.99 Å². The second-order valence-corrected chi connectivity index (χ2v) is 4.50. The lowest BCUT2D eigenvalue weighted by atomic mass is 10.2. The van der Waals surface area contributed by atoms with E-state index in [1.807, 2.05) is 0 Å². The van der Waals surface area contributed by atoms with Crippen molar-refractivity contribution in [2.24, 2.45) is 4.99 Å². The van der Waals surface area contributed by atoms with Gasteiger partial charge >= 0.3 is 6.18 Å². The highest BCUT2D eigenvalue weighted by atomic mass is 32.2. The molecule has 0 fully saturated rings. The van der Waals surface area contributed by atoms with Gasteiger partial charge in [-0.1, -0.05) is 11.8 Å². The number of nitrogens with one attached hydrogen (secondary N) is 1. The SMILES string of the molecule is CSC(=Nc1ccc(OCC(F)(F)F)cc1C)NC#N. The molecule has 0 aliphatic heterocycles. The summed E-state index contributed by atoms with van der Waals surface area (Å²) in [7, 11) is 0. The van der Waals surface area contributed by atoms with Crippen LogP contribution in [0.15, 0.2) is 23.2 Å². The minimum atomic E-state index is -4.37. The Labute approximate surface area is 118 Å². The van der Waals surface area contributed by atoms with E-state index in [0.29, 0.717) is 16.4 Å². The van der Waals surface area contributed by atoms with Crippen molar-refractivity contribution in [1.82, 2.24) is 5.32 Å². The van der Waals surface area contributed by atoms with Crippen LogP contribution in [0.4, 0.5) is 18.9 Å². The van der Waals surface area contributed by atoms with Crippen LogP contribution in [0.25, 0.3) is 0 Å². The van der Waals surface area contributed by atoms with E-state index in [4.69, 9.17) is 5.26 Å². The zero-order chi connectivity index (χ0) is 15.2. The molecule has 0 heterocycles. The number of ether oxygens (including phenoxy) is 1. The zero-order valence-electron chi connectivity index (χ0n) is 10.8. The standard InChI is InChI=1S/C12H12F3N3OS/c1-8-5-9(19-6-12(13,14)15)3-4-10(8)18-11(20-2)17-7-16/h3-5H,6H2,1-2H3,(H,17,18). The average molecular weight is 303 g/mol. The molecule has 0 aliphatic carbocycles. The van der Waals surface area contributed by atoms with Crippen LogP contribution in [0.3, 0.4) is 0 Å². The Morgan fingerprint density at radius 2 is 2.20 bits per heavy atom. The van der Waals surface area contributed by atoms with E-state index in [1.165, 1.54) is 30.0 Å². The monoisotopic (exact) mass is 303 g/mol. The Balaban J connectivity index is 2.86. The molecule has 4 nitrogen and oxygen atoms in total. The van der Waals surface area contributed by atoms with E-state index in [9.17, 15) is 13.2 Å². The van der Waals surface area contributed by atoms with Gasteiger partial charge in [-0.3, -0.25) is 5.32 Å². The second-order valence-electron chi connectivity index (χ2n) is 3.71. The van der Waals surface area contributed by atoms with E-state index in [0.717, 1.165) is 0 Å². The lowest BCUT2D eigenvalue weighted by molar-refractivity contribution is -0.153. The summed E-state index contributed by atoms with van der Waals surface area (Å²) < 4.78 is 40.7. The summed E-state index contributed by atoms with van der Waals surface area (Å²) in [6, 6.07) is 4.41. The summed E-state index contributed by atoms with van der Waals surface area (Å²) in [4.78, 5) is 4.18. The molecule has 0 amide bonds. The van der Waals surface area contributed by atoms with Gasteiger partial charge in [-0.15, -0.1) is 0 Å². The fourth-order valence-corrected chi connectivity index (χ4v) is 1.63. The molecule has 1 rings (SSSR count). The fraction of sp³-hybridized carbons (Fsp3) is 0.333. The van der Waals surface area contributed by atoms with Crippen LogP contribution < -0.4 is 10.1 Å². The highest BCUT2D eigenvalue weighted by molar-refractivity contribution is 8.13. The van der Waals surface area contributed by atoms with E-state index >= 15 is 0 Å². The highest BCUT2D eigenvalue weighted by Crippen LogP contribution is 2.26. The molecule has 0 bridgehead atoms. The van der Waals surface area contributed by atoms with Crippen LogP contribution in [0.5, 0.6) is 5.75 Å². The van der Waals surface area contributed by atoms with Crippen molar-refractivity contribution < 1.29 is 17.9 Å². The summed E-state index contributed by atoms with van der Waals surface area (Å²) in [5.74, 6) is 0.123. The normalized spacial score (nSPS) is 11.9. The van der Waals surface area contributed by atoms with Gasteiger partial charge in [0, 0.05) is 0 Å². The smallest absolute Gasteiger partial charge is 0.422 e. The Morgan fingerprint density at radius 3 is 2.70 bits per heavy atom. The number of benzene rings is 1. The van der Waals surface area contributed by atoms with Crippen LogP contribution >= 0.6 is 11.8 Å². The van der Waals surface area contributed by atoms with Crippen molar-refractivity contribution in [3.63, 3.8) is 0 Å². The topological polar surface area (TPSA) is 57.4 Å². The van der Waals surface area contributed by atoms with E-state index in [-0.39, 0.29) is 5.75 Å². The van der Waals surface area contributed by atoms with Crippen molar-refractivity contribution in [3.8, 4) is 11.9 Å². The maximum atomic E-state index is 12.0. The van der Waals surface area contributed by atoms with Gasteiger partial charge in [-0.2, -0.15) is 18.4 Å². The lowest BCUT2D eigenvalue weighted by Crippen LogP contribution is -2.19. The quantitative estimate of drug-likeness (QED) is 0.402. The van der Waals surface area contributed by atoms with Crippen LogP contribution in [0.2, 0.25) is 0 Å².